The molecule has 118 valence electrons. The Kier molecular flexibility index (Phi) is 4.12. The van der Waals surface area contributed by atoms with E-state index in [4.69, 9.17) is 0 Å². The van der Waals surface area contributed by atoms with Gasteiger partial charge in [0.25, 0.3) is 5.91 Å². The van der Waals surface area contributed by atoms with Crippen LogP contribution in [0.1, 0.15) is 28.9 Å². The Balaban J connectivity index is 1.94. The number of imide groups is 1. The van der Waals surface area contributed by atoms with Gasteiger partial charge in [0.1, 0.15) is 6.04 Å². The molecule has 3 rings (SSSR count). The van der Waals surface area contributed by atoms with Crippen LogP contribution in [0, 0.1) is 6.92 Å². The van der Waals surface area contributed by atoms with E-state index in [1.807, 2.05) is 25.1 Å². The van der Waals surface area contributed by atoms with Crippen molar-refractivity contribution in [3.8, 4) is 0 Å². The van der Waals surface area contributed by atoms with E-state index in [0.717, 1.165) is 4.47 Å². The van der Waals surface area contributed by atoms with Crippen LogP contribution in [0.5, 0.6) is 0 Å². The summed E-state index contributed by atoms with van der Waals surface area (Å²) in [6, 6.07) is 6.49. The summed E-state index contributed by atoms with van der Waals surface area (Å²) >= 11 is 3.43. The Bertz CT molecular complexity index is 835. The number of aryl methyl sites for hydroxylation is 1. The van der Waals surface area contributed by atoms with Crippen LogP contribution in [0.15, 0.2) is 28.7 Å². The number of pyridine rings is 1. The van der Waals surface area contributed by atoms with Crippen LogP contribution >= 0.6 is 15.9 Å². The van der Waals surface area contributed by atoms with Crippen molar-refractivity contribution in [2.75, 3.05) is 0 Å². The molecular weight excluding hydrogens is 362 g/mol. The van der Waals surface area contributed by atoms with Crippen LogP contribution in [0.3, 0.4) is 0 Å². The third-order valence-electron chi connectivity index (χ3n) is 3.71. The number of carbonyl (C=O) groups is 3. The molecule has 7 heteroatoms. The van der Waals surface area contributed by atoms with Gasteiger partial charge in [-0.25, -0.2) is 0 Å². The van der Waals surface area contributed by atoms with Crippen molar-refractivity contribution < 1.29 is 14.4 Å². The van der Waals surface area contributed by atoms with Crippen LogP contribution in [-0.2, 0) is 9.59 Å². The molecule has 23 heavy (non-hydrogen) atoms. The lowest BCUT2D eigenvalue weighted by Crippen LogP contribution is -2.52. The van der Waals surface area contributed by atoms with Crippen molar-refractivity contribution in [2.24, 2.45) is 0 Å². The van der Waals surface area contributed by atoms with Gasteiger partial charge in [-0.1, -0.05) is 12.1 Å². The fourth-order valence-corrected chi connectivity index (χ4v) is 3.05. The van der Waals surface area contributed by atoms with Gasteiger partial charge in [-0.05, 0) is 41.4 Å². The van der Waals surface area contributed by atoms with E-state index in [1.54, 1.807) is 6.07 Å². The molecule has 0 bridgehead atoms. The number of rotatable bonds is 2. The summed E-state index contributed by atoms with van der Waals surface area (Å²) in [5.41, 5.74) is 1.86. The zero-order valence-corrected chi connectivity index (χ0v) is 13.9. The van der Waals surface area contributed by atoms with Gasteiger partial charge in [0, 0.05) is 22.0 Å². The van der Waals surface area contributed by atoms with E-state index in [-0.39, 0.29) is 18.2 Å². The highest BCUT2D eigenvalue weighted by molar-refractivity contribution is 9.10. The highest BCUT2D eigenvalue weighted by Crippen LogP contribution is 2.25. The quantitative estimate of drug-likeness (QED) is 0.783. The fourth-order valence-electron chi connectivity index (χ4n) is 2.60. The summed E-state index contributed by atoms with van der Waals surface area (Å²) in [6.07, 6.45) is 0.528. The molecule has 2 heterocycles. The number of benzene rings is 1. The van der Waals surface area contributed by atoms with Crippen molar-refractivity contribution >= 4 is 44.6 Å². The molecular formula is C16H14BrN3O3. The molecule has 1 aromatic heterocycles. The van der Waals surface area contributed by atoms with Crippen molar-refractivity contribution in [1.29, 1.82) is 0 Å². The summed E-state index contributed by atoms with van der Waals surface area (Å²) in [7, 11) is 0. The zero-order valence-electron chi connectivity index (χ0n) is 12.4. The van der Waals surface area contributed by atoms with Gasteiger partial charge in [-0.3, -0.25) is 24.7 Å². The first-order valence-electron chi connectivity index (χ1n) is 7.16. The molecule has 2 N–H and O–H groups in total. The number of para-hydroxylation sites is 1. The molecule has 1 aromatic carbocycles. The van der Waals surface area contributed by atoms with Crippen molar-refractivity contribution in [1.82, 2.24) is 15.6 Å². The number of nitrogens with one attached hydrogen (secondary N) is 2. The molecule has 3 amide bonds. The van der Waals surface area contributed by atoms with E-state index < -0.39 is 11.9 Å². The van der Waals surface area contributed by atoms with Crippen molar-refractivity contribution in [3.63, 3.8) is 0 Å². The highest BCUT2D eigenvalue weighted by atomic mass is 79.9. The lowest BCUT2D eigenvalue weighted by atomic mass is 10.0. The second-order valence-corrected chi connectivity index (χ2v) is 6.28. The first-order chi connectivity index (χ1) is 11.0. The minimum atomic E-state index is -0.698. The lowest BCUT2D eigenvalue weighted by molar-refractivity contribution is -0.134. The van der Waals surface area contributed by atoms with Crippen LogP contribution in [-0.4, -0.2) is 28.7 Å². The molecule has 0 radical (unpaired) electrons. The van der Waals surface area contributed by atoms with E-state index in [0.29, 0.717) is 28.6 Å². The maximum atomic E-state index is 12.6. The number of amides is 3. The van der Waals surface area contributed by atoms with E-state index in [1.165, 1.54) is 0 Å². The maximum absolute atomic E-state index is 12.6. The second kappa shape index (κ2) is 6.08. The average molecular weight is 376 g/mol. The van der Waals surface area contributed by atoms with Crippen LogP contribution < -0.4 is 10.6 Å². The number of hydrogen-bond acceptors (Lipinski definition) is 4. The monoisotopic (exact) mass is 375 g/mol. The number of aromatic nitrogens is 1. The fraction of sp³-hybridized carbons (Fsp3) is 0.250. The SMILES string of the molecule is Cc1cc(C(=O)NC2CCC(=O)NC2=O)c2cccc(Br)c2n1. The van der Waals surface area contributed by atoms with E-state index in [2.05, 4.69) is 31.5 Å². The normalized spacial score (nSPS) is 17.9. The van der Waals surface area contributed by atoms with Crippen LogP contribution in [0.4, 0.5) is 0 Å². The Labute approximate surface area is 140 Å². The van der Waals surface area contributed by atoms with Gasteiger partial charge in [-0.15, -0.1) is 0 Å². The van der Waals surface area contributed by atoms with Gasteiger partial charge < -0.3 is 5.32 Å². The molecule has 0 aliphatic carbocycles. The number of hydrogen-bond donors (Lipinski definition) is 2. The van der Waals surface area contributed by atoms with Gasteiger partial charge >= 0.3 is 0 Å². The first-order valence-corrected chi connectivity index (χ1v) is 7.95. The lowest BCUT2D eigenvalue weighted by Gasteiger charge is -2.22. The third kappa shape index (κ3) is 3.10. The molecule has 1 fully saturated rings. The highest BCUT2D eigenvalue weighted by Gasteiger charge is 2.28. The molecule has 1 aliphatic heterocycles. The van der Waals surface area contributed by atoms with Gasteiger partial charge in [-0.2, -0.15) is 0 Å². The second-order valence-electron chi connectivity index (χ2n) is 5.42. The van der Waals surface area contributed by atoms with Gasteiger partial charge in [0.05, 0.1) is 11.1 Å². The van der Waals surface area contributed by atoms with E-state index in [9.17, 15) is 14.4 Å². The van der Waals surface area contributed by atoms with E-state index >= 15 is 0 Å². The number of nitrogens with zero attached hydrogens (tertiary/aromatic N) is 1. The molecule has 1 saturated heterocycles. The topological polar surface area (TPSA) is 88.2 Å². The molecule has 1 atom stereocenters. The standard InChI is InChI=1S/C16H14BrN3O3/c1-8-7-10(9-3-2-4-11(17)14(9)18-8)15(22)19-12-5-6-13(21)20-16(12)23/h2-4,7,12H,5-6H2,1H3,(H,19,22)(H,20,21,23). The third-order valence-corrected chi connectivity index (χ3v) is 4.35. The molecule has 1 unspecified atom stereocenters. The molecule has 0 saturated carbocycles. The van der Waals surface area contributed by atoms with Crippen LogP contribution in [0.25, 0.3) is 10.9 Å². The van der Waals surface area contributed by atoms with Crippen molar-refractivity contribution in [3.05, 3.63) is 40.0 Å². The predicted molar refractivity (Wildman–Crippen MR) is 87.8 cm³/mol. The number of fused-ring (bicyclic) bond motifs is 1. The minimum Gasteiger partial charge on any atom is -0.340 e. The predicted octanol–water partition coefficient (Wildman–Crippen LogP) is 1.84. The Morgan fingerprint density at radius 3 is 2.91 bits per heavy atom. The summed E-state index contributed by atoms with van der Waals surface area (Å²) < 4.78 is 0.800. The number of halogens is 1. The first kappa shape index (κ1) is 15.6. The number of carbonyl (C=O) groups excluding carboxylic acids is 3. The summed E-state index contributed by atoms with van der Waals surface area (Å²) in [4.78, 5) is 40.0. The van der Waals surface area contributed by atoms with Crippen molar-refractivity contribution in [2.45, 2.75) is 25.8 Å². The Morgan fingerprint density at radius 1 is 1.39 bits per heavy atom. The van der Waals surface area contributed by atoms with Gasteiger partial charge in [0.2, 0.25) is 11.8 Å². The Hall–Kier alpha value is -2.28. The molecule has 2 aromatic rings. The minimum absolute atomic E-state index is 0.221. The maximum Gasteiger partial charge on any atom is 0.252 e. The largest absolute Gasteiger partial charge is 0.340 e. The smallest absolute Gasteiger partial charge is 0.252 e. The average Bonchev–Trinajstić information content (AvgIpc) is 2.50. The van der Waals surface area contributed by atoms with Crippen LogP contribution in [0.2, 0.25) is 0 Å². The summed E-state index contributed by atoms with van der Waals surface area (Å²) in [5.74, 6) is -1.13. The number of piperidine rings is 1. The van der Waals surface area contributed by atoms with Gasteiger partial charge in [0.15, 0.2) is 0 Å². The summed E-state index contributed by atoms with van der Waals surface area (Å²) in [5, 5.41) is 5.63. The Morgan fingerprint density at radius 2 is 2.17 bits per heavy atom. The molecule has 0 spiro atoms. The molecule has 1 aliphatic rings. The summed E-state index contributed by atoms with van der Waals surface area (Å²) in [6.45, 7) is 1.81. The molecule has 6 nitrogen and oxygen atoms in total. The zero-order chi connectivity index (χ0) is 16.6.